The number of hydrogen-bond acceptors (Lipinski definition) is 3. The van der Waals surface area contributed by atoms with Crippen LogP contribution in [0, 0.1) is 17.7 Å². The van der Waals surface area contributed by atoms with Crippen LogP contribution < -0.4 is 5.32 Å². The van der Waals surface area contributed by atoms with E-state index in [1.807, 2.05) is 4.90 Å². The van der Waals surface area contributed by atoms with E-state index in [2.05, 4.69) is 10.3 Å². The van der Waals surface area contributed by atoms with Crippen molar-refractivity contribution in [1.82, 2.24) is 9.88 Å². The van der Waals surface area contributed by atoms with Gasteiger partial charge in [-0.15, -0.1) is 0 Å². The topological polar surface area (TPSA) is 45.2 Å². The van der Waals surface area contributed by atoms with Crippen LogP contribution in [0.25, 0.3) is 0 Å². The van der Waals surface area contributed by atoms with Crippen LogP contribution in [0.4, 0.5) is 10.2 Å². The maximum atomic E-state index is 14.2. The second-order valence-corrected chi connectivity index (χ2v) is 5.87. The van der Waals surface area contributed by atoms with Gasteiger partial charge in [-0.1, -0.05) is 0 Å². The molecule has 0 aliphatic heterocycles. The summed E-state index contributed by atoms with van der Waals surface area (Å²) in [6.07, 6.45) is 6.24. The molecular weight excluding hydrogens is 257 g/mol. The molecule has 1 aromatic heterocycles. The minimum Gasteiger partial charge on any atom is -0.371 e. The number of carbonyl (C=O) groups excluding carboxylic acids is 1. The third-order valence-corrected chi connectivity index (χ3v) is 3.99. The average Bonchev–Trinajstić information content (AvgIpc) is 3.33. The maximum Gasteiger partial charge on any atom is 0.257 e. The van der Waals surface area contributed by atoms with Crippen molar-refractivity contribution in [3.05, 3.63) is 23.6 Å². The second-order valence-electron chi connectivity index (χ2n) is 5.87. The third kappa shape index (κ3) is 2.92. The van der Waals surface area contributed by atoms with E-state index in [0.29, 0.717) is 11.8 Å². The van der Waals surface area contributed by atoms with Gasteiger partial charge in [-0.2, -0.15) is 0 Å². The number of pyridine rings is 1. The van der Waals surface area contributed by atoms with Crippen molar-refractivity contribution in [3.8, 4) is 0 Å². The first-order valence-electron chi connectivity index (χ1n) is 7.30. The molecule has 1 aromatic rings. The Labute approximate surface area is 118 Å². The molecule has 1 N–H and O–H groups in total. The first-order chi connectivity index (χ1) is 9.69. The van der Waals surface area contributed by atoms with Gasteiger partial charge in [0.25, 0.3) is 5.91 Å². The number of amides is 1. The molecule has 0 atom stereocenters. The predicted molar refractivity (Wildman–Crippen MR) is 75.1 cm³/mol. The summed E-state index contributed by atoms with van der Waals surface area (Å²) < 4.78 is 14.2. The molecule has 2 aliphatic carbocycles. The van der Waals surface area contributed by atoms with Crippen LogP contribution in [0.1, 0.15) is 36.0 Å². The summed E-state index contributed by atoms with van der Waals surface area (Å²) >= 11 is 0. The highest BCUT2D eigenvalue weighted by Gasteiger charge is 2.32. The van der Waals surface area contributed by atoms with Gasteiger partial charge in [0.1, 0.15) is 0 Å². The molecule has 4 nitrogen and oxygen atoms in total. The predicted octanol–water partition coefficient (Wildman–Crippen LogP) is 2.52. The Morgan fingerprint density at radius 2 is 1.95 bits per heavy atom. The second kappa shape index (κ2) is 5.38. The zero-order valence-electron chi connectivity index (χ0n) is 11.7. The standard InChI is InChI=1S/C15H20FN3O/c1-17-14-13(16)12(6-7-18-14)15(20)19(8-10-2-3-10)9-11-4-5-11/h6-7,10-11H,2-5,8-9H2,1H3,(H,17,18). The van der Waals surface area contributed by atoms with E-state index in [9.17, 15) is 9.18 Å². The Bertz CT molecular complexity index is 498. The van der Waals surface area contributed by atoms with E-state index in [1.54, 1.807) is 7.05 Å². The molecular formula is C15H20FN3O. The molecule has 0 unspecified atom stereocenters. The highest BCUT2D eigenvalue weighted by Crippen LogP contribution is 2.34. The van der Waals surface area contributed by atoms with Gasteiger partial charge in [0, 0.05) is 26.3 Å². The number of nitrogens with one attached hydrogen (secondary N) is 1. The maximum absolute atomic E-state index is 14.2. The van der Waals surface area contributed by atoms with Crippen LogP contribution in [0.3, 0.4) is 0 Å². The molecule has 0 aromatic carbocycles. The summed E-state index contributed by atoms with van der Waals surface area (Å²) in [5, 5.41) is 2.68. The van der Waals surface area contributed by atoms with Crippen LogP contribution in [0.5, 0.6) is 0 Å². The highest BCUT2D eigenvalue weighted by atomic mass is 19.1. The Morgan fingerprint density at radius 1 is 1.35 bits per heavy atom. The van der Waals surface area contributed by atoms with Crippen molar-refractivity contribution in [1.29, 1.82) is 0 Å². The normalized spacial score (nSPS) is 17.9. The molecule has 2 fully saturated rings. The quantitative estimate of drug-likeness (QED) is 0.869. The van der Waals surface area contributed by atoms with Crippen LogP contribution in [0.2, 0.25) is 0 Å². The third-order valence-electron chi connectivity index (χ3n) is 3.99. The van der Waals surface area contributed by atoms with E-state index in [4.69, 9.17) is 0 Å². The first kappa shape index (κ1) is 13.3. The van der Waals surface area contributed by atoms with Crippen molar-refractivity contribution in [2.75, 3.05) is 25.5 Å². The zero-order valence-corrected chi connectivity index (χ0v) is 11.7. The summed E-state index contributed by atoms with van der Waals surface area (Å²) in [4.78, 5) is 18.3. The van der Waals surface area contributed by atoms with E-state index in [0.717, 1.165) is 13.1 Å². The lowest BCUT2D eigenvalue weighted by Crippen LogP contribution is -2.35. The minimum atomic E-state index is -0.545. The number of hydrogen-bond donors (Lipinski definition) is 1. The fourth-order valence-electron chi connectivity index (χ4n) is 2.42. The van der Waals surface area contributed by atoms with Gasteiger partial charge >= 0.3 is 0 Å². The minimum absolute atomic E-state index is 0.130. The fourth-order valence-corrected chi connectivity index (χ4v) is 2.42. The highest BCUT2D eigenvalue weighted by molar-refractivity contribution is 5.95. The molecule has 1 amide bonds. The molecule has 20 heavy (non-hydrogen) atoms. The van der Waals surface area contributed by atoms with Gasteiger partial charge in [0.15, 0.2) is 11.6 Å². The summed E-state index contributed by atoms with van der Waals surface area (Å²) in [7, 11) is 1.60. The Hall–Kier alpha value is -1.65. The average molecular weight is 277 g/mol. The molecule has 5 heteroatoms. The van der Waals surface area contributed by atoms with Crippen LogP contribution >= 0.6 is 0 Å². The van der Waals surface area contributed by atoms with E-state index >= 15 is 0 Å². The molecule has 2 aliphatic rings. The van der Waals surface area contributed by atoms with Crippen LogP contribution in [-0.2, 0) is 0 Å². The van der Waals surface area contributed by atoms with Crippen molar-refractivity contribution in [3.63, 3.8) is 0 Å². The van der Waals surface area contributed by atoms with Gasteiger partial charge in [-0.25, -0.2) is 9.37 Å². The summed E-state index contributed by atoms with van der Waals surface area (Å²) in [5.74, 6) is 0.628. The first-order valence-corrected chi connectivity index (χ1v) is 7.30. The summed E-state index contributed by atoms with van der Waals surface area (Å²) in [5.41, 5.74) is 0.130. The Morgan fingerprint density at radius 3 is 2.45 bits per heavy atom. The molecule has 2 saturated carbocycles. The molecule has 3 rings (SSSR count). The number of aromatic nitrogens is 1. The van der Waals surface area contributed by atoms with Gasteiger partial charge in [0.2, 0.25) is 0 Å². The SMILES string of the molecule is CNc1nccc(C(=O)N(CC2CC2)CC2CC2)c1F. The van der Waals surface area contributed by atoms with Crippen molar-refractivity contribution in [2.24, 2.45) is 11.8 Å². The molecule has 0 spiro atoms. The number of halogens is 1. The van der Waals surface area contributed by atoms with Gasteiger partial charge in [-0.05, 0) is 43.6 Å². The summed E-state index contributed by atoms with van der Waals surface area (Å²) in [6, 6.07) is 1.48. The lowest BCUT2D eigenvalue weighted by molar-refractivity contribution is 0.0735. The molecule has 0 saturated heterocycles. The molecule has 1 heterocycles. The molecule has 0 bridgehead atoms. The largest absolute Gasteiger partial charge is 0.371 e. The van der Waals surface area contributed by atoms with E-state index in [1.165, 1.54) is 37.9 Å². The Balaban J connectivity index is 1.79. The lowest BCUT2D eigenvalue weighted by atomic mass is 10.2. The fraction of sp³-hybridized carbons (Fsp3) is 0.600. The van der Waals surface area contributed by atoms with Crippen molar-refractivity contribution < 1.29 is 9.18 Å². The van der Waals surface area contributed by atoms with Crippen molar-refractivity contribution in [2.45, 2.75) is 25.7 Å². The van der Waals surface area contributed by atoms with E-state index in [-0.39, 0.29) is 17.3 Å². The zero-order chi connectivity index (χ0) is 14.1. The van der Waals surface area contributed by atoms with Gasteiger partial charge in [-0.3, -0.25) is 4.79 Å². The van der Waals surface area contributed by atoms with E-state index < -0.39 is 5.82 Å². The van der Waals surface area contributed by atoms with Crippen molar-refractivity contribution >= 4 is 11.7 Å². The Kier molecular flexibility index (Phi) is 3.59. The van der Waals surface area contributed by atoms with Crippen LogP contribution in [-0.4, -0.2) is 35.9 Å². The molecule has 108 valence electrons. The number of rotatable bonds is 6. The lowest BCUT2D eigenvalue weighted by Gasteiger charge is -2.23. The molecule has 0 radical (unpaired) electrons. The smallest absolute Gasteiger partial charge is 0.257 e. The number of anilines is 1. The van der Waals surface area contributed by atoms with Gasteiger partial charge < -0.3 is 10.2 Å². The number of carbonyl (C=O) groups is 1. The number of nitrogens with zero attached hydrogens (tertiary/aromatic N) is 2. The van der Waals surface area contributed by atoms with Gasteiger partial charge in [0.05, 0.1) is 5.56 Å². The van der Waals surface area contributed by atoms with Crippen LogP contribution in [0.15, 0.2) is 12.3 Å². The monoisotopic (exact) mass is 277 g/mol. The summed E-state index contributed by atoms with van der Waals surface area (Å²) in [6.45, 7) is 1.54.